The predicted octanol–water partition coefficient (Wildman–Crippen LogP) is 5.25. The summed E-state index contributed by atoms with van der Waals surface area (Å²) in [7, 11) is 1.34. The number of esters is 1. The molecular weight excluding hydrogens is 496 g/mol. The topological polar surface area (TPSA) is 122 Å². The molecule has 0 aliphatic rings. The van der Waals surface area contributed by atoms with Crippen LogP contribution in [0.1, 0.15) is 65.1 Å². The molecule has 1 atom stereocenters. The lowest BCUT2D eigenvalue weighted by molar-refractivity contribution is -0.137. The van der Waals surface area contributed by atoms with Crippen molar-refractivity contribution in [2.75, 3.05) is 12.4 Å². The molecule has 4 rings (SSSR count). The second kappa shape index (κ2) is 11.0. The van der Waals surface area contributed by atoms with Gasteiger partial charge in [-0.15, -0.1) is 0 Å². The molecule has 0 spiro atoms. The third kappa shape index (κ3) is 6.43. The standard InChI is InChI=1S/C30H32N4O5/c1-18-6-8-19(9-7-18)23(17-25(35)36)31-28(37)22-14-15-34-24(16-22)32-26(27(34)33-30(2,3)4)20-10-12-21(13-11-20)29(38)39-5/h6-16,23,33H,17H2,1-5H3,(H,31,37)(H,35,36). The van der Waals surface area contributed by atoms with Crippen molar-refractivity contribution in [2.45, 2.75) is 45.7 Å². The second-order valence-electron chi connectivity index (χ2n) is 10.4. The Morgan fingerprint density at radius 2 is 1.67 bits per heavy atom. The molecule has 0 aliphatic carbocycles. The van der Waals surface area contributed by atoms with Gasteiger partial charge in [-0.2, -0.15) is 0 Å². The van der Waals surface area contributed by atoms with Crippen molar-refractivity contribution in [1.29, 1.82) is 0 Å². The molecule has 2 aromatic carbocycles. The molecule has 202 valence electrons. The summed E-state index contributed by atoms with van der Waals surface area (Å²) in [5, 5.41) is 15.8. The van der Waals surface area contributed by atoms with Crippen LogP contribution >= 0.6 is 0 Å². The van der Waals surface area contributed by atoms with E-state index in [1.54, 1.807) is 42.6 Å². The summed E-state index contributed by atoms with van der Waals surface area (Å²) in [5.74, 6) is -1.10. The number of nitrogens with zero attached hydrogens (tertiary/aromatic N) is 2. The lowest BCUT2D eigenvalue weighted by atomic mass is 10.0. The minimum absolute atomic E-state index is 0.244. The van der Waals surface area contributed by atoms with E-state index in [1.807, 2.05) is 56.4 Å². The summed E-state index contributed by atoms with van der Waals surface area (Å²) in [6.07, 6.45) is 1.52. The zero-order valence-corrected chi connectivity index (χ0v) is 22.6. The fraction of sp³-hybridized carbons (Fsp3) is 0.267. The normalized spacial score (nSPS) is 12.1. The maximum atomic E-state index is 13.2. The Morgan fingerprint density at radius 3 is 2.26 bits per heavy atom. The van der Waals surface area contributed by atoms with E-state index in [4.69, 9.17) is 9.72 Å². The molecule has 0 fully saturated rings. The van der Waals surface area contributed by atoms with Gasteiger partial charge < -0.3 is 20.5 Å². The second-order valence-corrected chi connectivity index (χ2v) is 10.4. The number of hydrogen-bond donors (Lipinski definition) is 3. The summed E-state index contributed by atoms with van der Waals surface area (Å²) >= 11 is 0. The number of hydrogen-bond acceptors (Lipinski definition) is 6. The highest BCUT2D eigenvalue weighted by Crippen LogP contribution is 2.31. The van der Waals surface area contributed by atoms with E-state index in [0.717, 1.165) is 16.9 Å². The van der Waals surface area contributed by atoms with Gasteiger partial charge in [-0.3, -0.25) is 14.0 Å². The van der Waals surface area contributed by atoms with E-state index >= 15 is 0 Å². The minimum Gasteiger partial charge on any atom is -0.481 e. The Kier molecular flexibility index (Phi) is 7.71. The van der Waals surface area contributed by atoms with E-state index in [2.05, 4.69) is 10.6 Å². The molecule has 9 nitrogen and oxygen atoms in total. The first-order valence-corrected chi connectivity index (χ1v) is 12.5. The van der Waals surface area contributed by atoms with Crippen LogP contribution in [0.4, 0.5) is 5.82 Å². The van der Waals surface area contributed by atoms with Crippen LogP contribution in [0.25, 0.3) is 16.9 Å². The van der Waals surface area contributed by atoms with Gasteiger partial charge in [0, 0.05) is 22.9 Å². The third-order valence-corrected chi connectivity index (χ3v) is 6.12. The van der Waals surface area contributed by atoms with Crippen molar-refractivity contribution < 1.29 is 24.2 Å². The summed E-state index contributed by atoms with van der Waals surface area (Å²) in [6, 6.07) is 17.0. The molecular formula is C30H32N4O5. The van der Waals surface area contributed by atoms with Crippen molar-refractivity contribution >= 4 is 29.3 Å². The molecule has 39 heavy (non-hydrogen) atoms. The summed E-state index contributed by atoms with van der Waals surface area (Å²) < 4.78 is 6.66. The zero-order valence-electron chi connectivity index (χ0n) is 22.6. The highest BCUT2D eigenvalue weighted by atomic mass is 16.5. The maximum absolute atomic E-state index is 13.2. The number of rotatable bonds is 8. The first-order valence-electron chi connectivity index (χ1n) is 12.5. The number of aliphatic carboxylic acids is 1. The molecule has 3 N–H and O–H groups in total. The van der Waals surface area contributed by atoms with Crippen molar-refractivity contribution in [3.63, 3.8) is 0 Å². The van der Waals surface area contributed by atoms with Crippen LogP contribution < -0.4 is 10.6 Å². The van der Waals surface area contributed by atoms with Crippen molar-refractivity contribution in [3.8, 4) is 11.3 Å². The number of aryl methyl sites for hydroxylation is 1. The molecule has 9 heteroatoms. The third-order valence-electron chi connectivity index (χ3n) is 6.12. The molecule has 0 aliphatic heterocycles. The Morgan fingerprint density at radius 1 is 1.00 bits per heavy atom. The molecule has 2 heterocycles. The van der Waals surface area contributed by atoms with Crippen LogP contribution in [-0.4, -0.2) is 45.0 Å². The fourth-order valence-electron chi connectivity index (χ4n) is 4.21. The quantitative estimate of drug-likeness (QED) is 0.267. The van der Waals surface area contributed by atoms with Crippen LogP contribution in [-0.2, 0) is 9.53 Å². The summed E-state index contributed by atoms with van der Waals surface area (Å²) in [4.78, 5) is 41.4. The molecule has 1 unspecified atom stereocenters. The van der Waals surface area contributed by atoms with E-state index in [1.165, 1.54) is 7.11 Å². The molecule has 0 saturated heterocycles. The smallest absolute Gasteiger partial charge is 0.337 e. The van der Waals surface area contributed by atoms with Gasteiger partial charge in [0.05, 0.1) is 25.1 Å². The number of carbonyl (C=O) groups excluding carboxylic acids is 2. The summed E-state index contributed by atoms with van der Waals surface area (Å²) in [5.41, 5.74) is 4.22. The molecule has 1 amide bonds. The lowest BCUT2D eigenvalue weighted by Crippen LogP contribution is -2.30. The van der Waals surface area contributed by atoms with Gasteiger partial charge in [0.1, 0.15) is 17.2 Å². The van der Waals surface area contributed by atoms with Crippen LogP contribution in [0.15, 0.2) is 66.9 Å². The average molecular weight is 529 g/mol. The minimum atomic E-state index is -1.01. The number of carboxylic acid groups (broad SMARTS) is 1. The number of anilines is 1. The lowest BCUT2D eigenvalue weighted by Gasteiger charge is -2.22. The van der Waals surface area contributed by atoms with E-state index in [-0.39, 0.29) is 12.0 Å². The Hall–Kier alpha value is -4.66. The van der Waals surface area contributed by atoms with Crippen LogP contribution in [0.2, 0.25) is 0 Å². The number of benzene rings is 2. The average Bonchev–Trinajstić information content (AvgIpc) is 3.24. The SMILES string of the molecule is COC(=O)c1ccc(-c2nc3cc(C(=O)NC(CC(=O)O)c4ccc(C)cc4)ccn3c2NC(C)(C)C)cc1. The number of carboxylic acids is 1. The van der Waals surface area contributed by atoms with Gasteiger partial charge in [0.15, 0.2) is 0 Å². The first-order chi connectivity index (χ1) is 18.4. The fourth-order valence-corrected chi connectivity index (χ4v) is 4.21. The number of aromatic nitrogens is 2. The Bertz CT molecular complexity index is 1520. The number of ether oxygens (including phenoxy) is 1. The Labute approximate surface area is 226 Å². The van der Waals surface area contributed by atoms with E-state index in [0.29, 0.717) is 28.0 Å². The number of fused-ring (bicyclic) bond motifs is 1. The number of methoxy groups -OCH3 is 1. The monoisotopic (exact) mass is 528 g/mol. The molecule has 4 aromatic rings. The number of amides is 1. The van der Waals surface area contributed by atoms with Gasteiger partial charge in [0.25, 0.3) is 5.91 Å². The molecule has 0 radical (unpaired) electrons. The van der Waals surface area contributed by atoms with Gasteiger partial charge in [-0.25, -0.2) is 9.78 Å². The zero-order chi connectivity index (χ0) is 28.3. The predicted molar refractivity (Wildman–Crippen MR) is 149 cm³/mol. The highest BCUT2D eigenvalue weighted by molar-refractivity contribution is 5.96. The Balaban J connectivity index is 1.70. The first kappa shape index (κ1) is 27.4. The van der Waals surface area contributed by atoms with Crippen LogP contribution in [0.5, 0.6) is 0 Å². The largest absolute Gasteiger partial charge is 0.481 e. The highest BCUT2D eigenvalue weighted by Gasteiger charge is 2.22. The molecule has 2 aromatic heterocycles. The number of pyridine rings is 1. The van der Waals surface area contributed by atoms with Crippen molar-refractivity contribution in [1.82, 2.24) is 14.7 Å². The van der Waals surface area contributed by atoms with Gasteiger partial charge in [-0.05, 0) is 57.5 Å². The van der Waals surface area contributed by atoms with Crippen LogP contribution in [0, 0.1) is 6.92 Å². The van der Waals surface area contributed by atoms with E-state index in [9.17, 15) is 19.5 Å². The van der Waals surface area contributed by atoms with Gasteiger partial charge in [0.2, 0.25) is 0 Å². The number of imidazole rings is 1. The molecule has 0 bridgehead atoms. The maximum Gasteiger partial charge on any atom is 0.337 e. The van der Waals surface area contributed by atoms with Crippen molar-refractivity contribution in [2.24, 2.45) is 0 Å². The van der Waals surface area contributed by atoms with Crippen LogP contribution in [0.3, 0.4) is 0 Å². The number of carbonyl (C=O) groups is 3. The van der Waals surface area contributed by atoms with E-state index < -0.39 is 23.9 Å². The van der Waals surface area contributed by atoms with Gasteiger partial charge >= 0.3 is 11.9 Å². The van der Waals surface area contributed by atoms with Gasteiger partial charge in [-0.1, -0.05) is 42.0 Å². The summed E-state index contributed by atoms with van der Waals surface area (Å²) in [6.45, 7) is 8.04. The van der Waals surface area contributed by atoms with Crippen molar-refractivity contribution in [3.05, 3.63) is 89.1 Å². The molecule has 0 saturated carbocycles. The number of nitrogens with one attached hydrogen (secondary N) is 2.